The molecule has 0 saturated heterocycles. The van der Waals surface area contributed by atoms with Gasteiger partial charge in [-0.25, -0.2) is 9.59 Å². The molecule has 7 nitrogen and oxygen atoms in total. The van der Waals surface area contributed by atoms with Crippen LogP contribution in [0.2, 0.25) is 0 Å². The lowest BCUT2D eigenvalue weighted by atomic mass is 10.1. The van der Waals surface area contributed by atoms with Crippen LogP contribution in [0.5, 0.6) is 0 Å². The minimum atomic E-state index is -0.697. The SMILES string of the molecule is C#CCNC(=O)COC(=O)c1c(C)[nH]c(C(=O)OCC)c1C. The lowest BCUT2D eigenvalue weighted by Crippen LogP contribution is -2.29. The summed E-state index contributed by atoms with van der Waals surface area (Å²) in [5.41, 5.74) is 1.30. The van der Waals surface area contributed by atoms with Gasteiger partial charge in [0.15, 0.2) is 6.61 Å². The van der Waals surface area contributed by atoms with Gasteiger partial charge in [-0.15, -0.1) is 6.42 Å². The smallest absolute Gasteiger partial charge is 0.355 e. The van der Waals surface area contributed by atoms with E-state index in [0.29, 0.717) is 11.3 Å². The van der Waals surface area contributed by atoms with E-state index in [1.165, 1.54) is 0 Å². The summed E-state index contributed by atoms with van der Waals surface area (Å²) >= 11 is 0. The molecule has 0 spiro atoms. The number of rotatable bonds is 6. The van der Waals surface area contributed by atoms with Gasteiger partial charge in [0.05, 0.1) is 18.7 Å². The normalized spacial score (nSPS) is 9.73. The van der Waals surface area contributed by atoms with Gasteiger partial charge in [-0.3, -0.25) is 4.79 Å². The molecule has 0 saturated carbocycles. The minimum absolute atomic E-state index is 0.0611. The van der Waals surface area contributed by atoms with Crippen molar-refractivity contribution in [2.24, 2.45) is 0 Å². The first-order valence-corrected chi connectivity index (χ1v) is 6.65. The highest BCUT2D eigenvalue weighted by atomic mass is 16.5. The minimum Gasteiger partial charge on any atom is -0.461 e. The molecule has 1 rings (SSSR count). The van der Waals surface area contributed by atoms with Gasteiger partial charge in [0.25, 0.3) is 5.91 Å². The van der Waals surface area contributed by atoms with Crippen LogP contribution in [0.15, 0.2) is 0 Å². The second-order valence-electron chi connectivity index (χ2n) is 4.40. The van der Waals surface area contributed by atoms with Gasteiger partial charge in [0.2, 0.25) is 0 Å². The fraction of sp³-hybridized carbons (Fsp3) is 0.400. The van der Waals surface area contributed by atoms with Gasteiger partial charge in [-0.1, -0.05) is 5.92 Å². The topological polar surface area (TPSA) is 97.5 Å². The Kier molecular flexibility index (Phi) is 6.20. The maximum absolute atomic E-state index is 12.0. The molecule has 0 unspecified atom stereocenters. The van der Waals surface area contributed by atoms with E-state index in [1.54, 1.807) is 20.8 Å². The van der Waals surface area contributed by atoms with Crippen molar-refractivity contribution >= 4 is 17.8 Å². The molecule has 1 aromatic rings. The van der Waals surface area contributed by atoms with Gasteiger partial charge in [-0.2, -0.15) is 0 Å². The Morgan fingerprint density at radius 3 is 2.50 bits per heavy atom. The zero-order valence-corrected chi connectivity index (χ0v) is 12.7. The number of hydrogen-bond acceptors (Lipinski definition) is 5. The Bertz CT molecular complexity index is 625. The van der Waals surface area contributed by atoms with Gasteiger partial charge in [0, 0.05) is 5.69 Å². The van der Waals surface area contributed by atoms with Crippen molar-refractivity contribution in [2.45, 2.75) is 20.8 Å². The van der Waals surface area contributed by atoms with E-state index in [9.17, 15) is 14.4 Å². The number of aryl methyl sites for hydroxylation is 1. The molecule has 0 aliphatic carbocycles. The number of carbonyl (C=O) groups excluding carboxylic acids is 3. The maximum Gasteiger partial charge on any atom is 0.355 e. The van der Waals surface area contributed by atoms with Crippen LogP contribution in [0.25, 0.3) is 0 Å². The fourth-order valence-electron chi connectivity index (χ4n) is 1.87. The maximum atomic E-state index is 12.0. The van der Waals surface area contributed by atoms with Crippen LogP contribution in [-0.2, 0) is 14.3 Å². The van der Waals surface area contributed by atoms with E-state index in [4.69, 9.17) is 15.9 Å². The molecule has 0 bridgehead atoms. The standard InChI is InChI=1S/C15H18N2O5/c1-5-7-16-11(18)8-22-14(19)12-9(3)13(17-10(12)4)15(20)21-6-2/h1,17H,6-8H2,2-4H3,(H,16,18). The summed E-state index contributed by atoms with van der Waals surface area (Å²) in [4.78, 5) is 37.9. The molecule has 0 radical (unpaired) electrons. The molecule has 0 aliphatic heterocycles. The fourth-order valence-corrected chi connectivity index (χ4v) is 1.87. The third kappa shape index (κ3) is 4.12. The molecule has 0 fully saturated rings. The molecule has 118 valence electrons. The molecule has 1 aromatic heterocycles. The van der Waals surface area contributed by atoms with Crippen LogP contribution >= 0.6 is 0 Å². The van der Waals surface area contributed by atoms with Crippen LogP contribution in [0, 0.1) is 26.2 Å². The van der Waals surface area contributed by atoms with Crippen LogP contribution in [0.4, 0.5) is 0 Å². The third-order valence-corrected chi connectivity index (χ3v) is 2.84. The monoisotopic (exact) mass is 306 g/mol. The molecule has 0 atom stereocenters. The van der Waals surface area contributed by atoms with Crippen molar-refractivity contribution in [3.05, 3.63) is 22.5 Å². The first-order valence-electron chi connectivity index (χ1n) is 6.65. The largest absolute Gasteiger partial charge is 0.461 e. The zero-order valence-electron chi connectivity index (χ0n) is 12.7. The highest BCUT2D eigenvalue weighted by molar-refractivity contribution is 5.99. The summed E-state index contributed by atoms with van der Waals surface area (Å²) < 4.78 is 9.80. The second-order valence-corrected chi connectivity index (χ2v) is 4.40. The number of ether oxygens (including phenoxy) is 2. The number of aromatic nitrogens is 1. The quantitative estimate of drug-likeness (QED) is 0.596. The highest BCUT2D eigenvalue weighted by Gasteiger charge is 2.24. The number of nitrogens with one attached hydrogen (secondary N) is 2. The van der Waals surface area contributed by atoms with Crippen molar-refractivity contribution in [3.8, 4) is 12.3 Å². The number of aromatic amines is 1. The predicted molar refractivity (Wildman–Crippen MR) is 78.3 cm³/mol. The summed E-state index contributed by atoms with van der Waals surface area (Å²) in [6.45, 7) is 4.76. The Hall–Kier alpha value is -2.75. The Morgan fingerprint density at radius 2 is 1.91 bits per heavy atom. The van der Waals surface area contributed by atoms with E-state index in [-0.39, 0.29) is 24.4 Å². The molecule has 2 N–H and O–H groups in total. The number of H-pyrrole nitrogens is 1. The average molecular weight is 306 g/mol. The number of hydrogen-bond donors (Lipinski definition) is 2. The van der Waals surface area contributed by atoms with Crippen molar-refractivity contribution in [3.63, 3.8) is 0 Å². The average Bonchev–Trinajstić information content (AvgIpc) is 2.78. The van der Waals surface area contributed by atoms with Crippen LogP contribution in [0.1, 0.15) is 39.0 Å². The number of terminal acetylenes is 1. The molecule has 22 heavy (non-hydrogen) atoms. The highest BCUT2D eigenvalue weighted by Crippen LogP contribution is 2.19. The lowest BCUT2D eigenvalue weighted by Gasteiger charge is -2.05. The summed E-state index contributed by atoms with van der Waals surface area (Å²) in [6, 6.07) is 0. The van der Waals surface area contributed by atoms with Gasteiger partial charge >= 0.3 is 11.9 Å². The molecule has 0 aliphatic rings. The molecule has 0 aromatic carbocycles. The van der Waals surface area contributed by atoms with Gasteiger partial charge < -0.3 is 19.8 Å². The first-order chi connectivity index (χ1) is 10.4. The van der Waals surface area contributed by atoms with Crippen LogP contribution < -0.4 is 5.32 Å². The summed E-state index contributed by atoms with van der Waals surface area (Å²) in [7, 11) is 0. The van der Waals surface area contributed by atoms with Gasteiger partial charge in [0.1, 0.15) is 5.69 Å². The summed E-state index contributed by atoms with van der Waals surface area (Å²) in [5.74, 6) is 0.494. The molecular weight excluding hydrogens is 288 g/mol. The van der Waals surface area contributed by atoms with Crippen molar-refractivity contribution < 1.29 is 23.9 Å². The van der Waals surface area contributed by atoms with Gasteiger partial charge in [-0.05, 0) is 26.3 Å². The van der Waals surface area contributed by atoms with Crippen molar-refractivity contribution in [1.82, 2.24) is 10.3 Å². The lowest BCUT2D eigenvalue weighted by molar-refractivity contribution is -0.123. The van der Waals surface area contributed by atoms with Crippen molar-refractivity contribution in [2.75, 3.05) is 19.8 Å². The molecule has 1 heterocycles. The summed E-state index contributed by atoms with van der Waals surface area (Å²) in [6.07, 6.45) is 5.00. The van der Waals surface area contributed by atoms with Crippen LogP contribution in [-0.4, -0.2) is 42.6 Å². The van der Waals surface area contributed by atoms with E-state index < -0.39 is 24.5 Å². The van der Waals surface area contributed by atoms with E-state index in [2.05, 4.69) is 16.2 Å². The predicted octanol–water partition coefficient (Wildman–Crippen LogP) is 0.714. The second kappa shape index (κ2) is 7.88. The number of amides is 1. The molecule has 7 heteroatoms. The van der Waals surface area contributed by atoms with E-state index in [1.807, 2.05) is 0 Å². The third-order valence-electron chi connectivity index (χ3n) is 2.84. The molecule has 1 amide bonds. The Balaban J connectivity index is 2.80. The van der Waals surface area contributed by atoms with Crippen LogP contribution in [0.3, 0.4) is 0 Å². The zero-order chi connectivity index (χ0) is 16.7. The van der Waals surface area contributed by atoms with Crippen molar-refractivity contribution in [1.29, 1.82) is 0 Å². The summed E-state index contributed by atoms with van der Waals surface area (Å²) in [5, 5.41) is 2.37. The number of carbonyl (C=O) groups is 3. The Labute approximate surface area is 128 Å². The Morgan fingerprint density at radius 1 is 1.23 bits per heavy atom. The number of esters is 2. The van der Waals surface area contributed by atoms with E-state index in [0.717, 1.165) is 0 Å². The molecular formula is C15H18N2O5. The first kappa shape index (κ1) is 17.3. The van der Waals surface area contributed by atoms with E-state index >= 15 is 0 Å².